The molecule has 12 heteroatoms. The number of nitrogens with one attached hydrogen (secondary N) is 2. The molecule has 0 heterocycles. The molecule has 6 N–H and O–H groups in total. The van der Waals surface area contributed by atoms with Crippen molar-refractivity contribution >= 4 is 11.7 Å². The van der Waals surface area contributed by atoms with E-state index < -0.39 is 35.4 Å². The lowest BCUT2D eigenvalue weighted by Gasteiger charge is -2.35. The van der Waals surface area contributed by atoms with Crippen LogP contribution in [0.5, 0.6) is 0 Å². The number of rotatable bonds is 5. The summed E-state index contributed by atoms with van der Waals surface area (Å²) in [5.74, 6) is -30.9. The lowest BCUT2D eigenvalue weighted by Crippen LogP contribution is -2.68. The molecule has 0 saturated carbocycles. The first-order valence-corrected chi connectivity index (χ1v) is 3.84. The van der Waals surface area contributed by atoms with E-state index in [0.29, 0.717) is 0 Å². The third-order valence-corrected chi connectivity index (χ3v) is 1.86. The predicted octanol–water partition coefficient (Wildman–Crippen LogP) is 1.40. The van der Waals surface area contributed by atoms with E-state index in [-0.39, 0.29) is 0 Å². The Labute approximate surface area is 93.9 Å². The van der Waals surface area contributed by atoms with Crippen LogP contribution in [0.25, 0.3) is 0 Å². The van der Waals surface area contributed by atoms with Gasteiger partial charge in [0.05, 0.1) is 0 Å². The van der Waals surface area contributed by atoms with Crippen LogP contribution in [0, 0.1) is 10.8 Å². The average Bonchev–Trinajstić information content (AvgIpc) is 2.15. The Balaban J connectivity index is 5.89. The second-order valence-electron chi connectivity index (χ2n) is 3.12. The van der Waals surface area contributed by atoms with E-state index in [9.17, 15) is 35.1 Å². The summed E-state index contributed by atoms with van der Waals surface area (Å²) >= 11 is 0. The summed E-state index contributed by atoms with van der Waals surface area (Å²) in [7, 11) is 0. The molecule has 18 heavy (non-hydrogen) atoms. The fraction of sp³-hybridized carbons (Fsp3) is 0.667. The summed E-state index contributed by atoms with van der Waals surface area (Å²) in [6.45, 7) is 0. The fourth-order valence-electron chi connectivity index (χ4n) is 0.733. The second-order valence-corrected chi connectivity index (χ2v) is 3.12. The van der Waals surface area contributed by atoms with Crippen molar-refractivity contribution in [3.8, 4) is 0 Å². The van der Waals surface area contributed by atoms with Crippen LogP contribution in [-0.2, 0) is 0 Å². The van der Waals surface area contributed by atoms with Gasteiger partial charge in [0.2, 0.25) is 0 Å². The van der Waals surface area contributed by atoms with Crippen LogP contribution in [-0.4, -0.2) is 35.4 Å². The zero-order valence-corrected chi connectivity index (χ0v) is 8.18. The van der Waals surface area contributed by atoms with Crippen molar-refractivity contribution in [2.45, 2.75) is 23.7 Å². The van der Waals surface area contributed by atoms with Crippen molar-refractivity contribution in [1.29, 1.82) is 10.8 Å². The topological polar surface area (TPSA) is 99.7 Å². The van der Waals surface area contributed by atoms with Gasteiger partial charge in [-0.3, -0.25) is 10.8 Å². The maximum atomic E-state index is 12.7. The Morgan fingerprint density at radius 2 is 0.778 bits per heavy atom. The van der Waals surface area contributed by atoms with Crippen LogP contribution in [0.4, 0.5) is 35.1 Å². The number of nitrogens with two attached hydrogens (primary N) is 2. The molecule has 0 amide bonds. The first-order valence-electron chi connectivity index (χ1n) is 3.84. The van der Waals surface area contributed by atoms with E-state index in [0.717, 1.165) is 0 Å². The van der Waals surface area contributed by atoms with Crippen LogP contribution in [0.2, 0.25) is 0 Å². The maximum absolute atomic E-state index is 12.7. The largest absolute Gasteiger partial charge is 0.386 e. The minimum absolute atomic E-state index is 2.73. The molecule has 0 aliphatic rings. The van der Waals surface area contributed by atoms with Crippen molar-refractivity contribution in [3.63, 3.8) is 0 Å². The first kappa shape index (κ1) is 16.4. The monoisotopic (exact) mass is 286 g/mol. The maximum Gasteiger partial charge on any atom is 0.386 e. The molecule has 106 valence electrons. The molecule has 0 fully saturated rings. The van der Waals surface area contributed by atoms with Gasteiger partial charge in [-0.15, -0.1) is 0 Å². The Kier molecular flexibility index (Phi) is 3.59. The highest BCUT2D eigenvalue weighted by Gasteiger charge is 2.82. The Morgan fingerprint density at radius 3 is 0.889 bits per heavy atom. The zero-order valence-electron chi connectivity index (χ0n) is 8.18. The van der Waals surface area contributed by atoms with Crippen molar-refractivity contribution < 1.29 is 35.1 Å². The number of amidine groups is 2. The van der Waals surface area contributed by atoms with Crippen molar-refractivity contribution in [1.82, 2.24) is 0 Å². The van der Waals surface area contributed by atoms with E-state index in [4.69, 9.17) is 10.8 Å². The lowest BCUT2D eigenvalue weighted by atomic mass is 9.97. The minimum atomic E-state index is -6.71. The molecule has 0 aliphatic heterocycles. The van der Waals surface area contributed by atoms with Gasteiger partial charge >= 0.3 is 23.7 Å². The van der Waals surface area contributed by atoms with Gasteiger partial charge in [0.15, 0.2) is 11.7 Å². The quantitative estimate of drug-likeness (QED) is 0.349. The van der Waals surface area contributed by atoms with E-state index in [1.165, 1.54) is 0 Å². The van der Waals surface area contributed by atoms with Crippen LogP contribution in [0.3, 0.4) is 0 Å². The third-order valence-electron chi connectivity index (χ3n) is 1.86. The molecule has 0 aromatic rings. The van der Waals surface area contributed by atoms with E-state index in [1.807, 2.05) is 0 Å². The van der Waals surface area contributed by atoms with Gasteiger partial charge in [-0.2, -0.15) is 35.1 Å². The summed E-state index contributed by atoms with van der Waals surface area (Å²) in [4.78, 5) is 0. The number of hydrogen-bond acceptors (Lipinski definition) is 2. The highest BCUT2D eigenvalue weighted by Crippen LogP contribution is 2.52. The zero-order chi connectivity index (χ0) is 15.2. The van der Waals surface area contributed by atoms with Crippen LogP contribution < -0.4 is 11.5 Å². The SMILES string of the molecule is N=C(N)C(F)(F)C(F)(F)C(F)(F)C(F)(F)C(=N)N. The molecular formula is C6H6F8N4. The molecule has 0 aliphatic carbocycles. The van der Waals surface area contributed by atoms with E-state index in [2.05, 4.69) is 11.5 Å². The number of halogens is 8. The lowest BCUT2D eigenvalue weighted by molar-refractivity contribution is -0.334. The Hall–Kier alpha value is -1.62. The van der Waals surface area contributed by atoms with E-state index in [1.54, 1.807) is 0 Å². The van der Waals surface area contributed by atoms with Gasteiger partial charge in [0, 0.05) is 0 Å². The standard InChI is InChI=1S/C6H6F8N4/c7-3(8,1(15)16)5(11,12)6(13,14)4(9,10)2(17)18/h(H3,15,16)(H3,17,18). The molecule has 4 nitrogen and oxygen atoms in total. The van der Waals surface area contributed by atoms with Crippen LogP contribution >= 0.6 is 0 Å². The summed E-state index contributed by atoms with van der Waals surface area (Å²) in [6, 6.07) is 0. The van der Waals surface area contributed by atoms with Gasteiger partial charge in [-0.05, 0) is 0 Å². The third kappa shape index (κ3) is 1.84. The Morgan fingerprint density at radius 1 is 0.611 bits per heavy atom. The molecular weight excluding hydrogens is 280 g/mol. The Bertz CT molecular complexity index is 340. The minimum Gasteiger partial charge on any atom is -0.382 e. The van der Waals surface area contributed by atoms with Gasteiger partial charge in [0.1, 0.15) is 0 Å². The highest BCUT2D eigenvalue weighted by molar-refractivity contribution is 5.88. The molecule has 0 spiro atoms. The summed E-state index contributed by atoms with van der Waals surface area (Å²) in [6.07, 6.45) is 0. The summed E-state index contributed by atoms with van der Waals surface area (Å²) in [5, 5.41) is 12.1. The molecule has 0 unspecified atom stereocenters. The summed E-state index contributed by atoms with van der Waals surface area (Å²) in [5.41, 5.74) is 7.93. The number of alkyl halides is 8. The van der Waals surface area contributed by atoms with Gasteiger partial charge in [-0.1, -0.05) is 0 Å². The summed E-state index contributed by atoms with van der Waals surface area (Å²) < 4.78 is 101. The molecule has 0 aromatic carbocycles. The molecule has 0 rings (SSSR count). The smallest absolute Gasteiger partial charge is 0.382 e. The van der Waals surface area contributed by atoms with Crippen LogP contribution in [0.1, 0.15) is 0 Å². The molecule has 0 saturated heterocycles. The first-order chi connectivity index (χ1) is 7.64. The molecule has 0 aromatic heterocycles. The van der Waals surface area contributed by atoms with Gasteiger partial charge in [-0.25, -0.2) is 0 Å². The molecule has 0 bridgehead atoms. The molecule has 0 radical (unpaired) electrons. The van der Waals surface area contributed by atoms with Crippen LogP contribution in [0.15, 0.2) is 0 Å². The van der Waals surface area contributed by atoms with Gasteiger partial charge in [0.25, 0.3) is 0 Å². The van der Waals surface area contributed by atoms with Gasteiger partial charge < -0.3 is 11.5 Å². The second kappa shape index (κ2) is 3.95. The van der Waals surface area contributed by atoms with Crippen molar-refractivity contribution in [3.05, 3.63) is 0 Å². The van der Waals surface area contributed by atoms with E-state index >= 15 is 0 Å². The average molecular weight is 286 g/mol. The molecule has 0 atom stereocenters. The van der Waals surface area contributed by atoms with Crippen molar-refractivity contribution in [2.24, 2.45) is 11.5 Å². The normalized spacial score (nSPS) is 14.4. The number of hydrogen-bond donors (Lipinski definition) is 4. The predicted molar refractivity (Wildman–Crippen MR) is 43.6 cm³/mol. The van der Waals surface area contributed by atoms with Crippen molar-refractivity contribution in [2.75, 3.05) is 0 Å². The highest BCUT2D eigenvalue weighted by atomic mass is 19.4. The fourth-order valence-corrected chi connectivity index (χ4v) is 0.733.